The molecule has 2 aliphatic carbocycles. The van der Waals surface area contributed by atoms with Gasteiger partial charge in [0.05, 0.1) is 22.5 Å². The Morgan fingerprint density at radius 2 is 1.88 bits per heavy atom. The predicted octanol–water partition coefficient (Wildman–Crippen LogP) is 5.13. The summed E-state index contributed by atoms with van der Waals surface area (Å²) in [6.45, 7) is -2.90. The Kier molecular flexibility index (Phi) is 4.83. The molecule has 0 bridgehead atoms. The Labute approximate surface area is 194 Å². The van der Waals surface area contributed by atoms with Crippen molar-refractivity contribution in [3.05, 3.63) is 76.3 Å². The fraction of sp³-hybridized carbons (Fsp3) is 0.269. The highest BCUT2D eigenvalue weighted by Gasteiger charge is 2.30. The number of fused-ring (bicyclic) bond motifs is 2. The molecular formula is C26H22F2N4O2. The zero-order valence-corrected chi connectivity index (χ0v) is 18.5. The molecule has 0 unspecified atom stereocenters. The Morgan fingerprint density at radius 3 is 2.62 bits per heavy atom. The van der Waals surface area contributed by atoms with E-state index in [4.69, 9.17) is 5.10 Å². The molecule has 0 atom stereocenters. The first-order valence-electron chi connectivity index (χ1n) is 11.3. The molecule has 34 heavy (non-hydrogen) atoms. The number of aromatic nitrogens is 4. The van der Waals surface area contributed by atoms with Gasteiger partial charge in [0, 0.05) is 30.6 Å². The predicted molar refractivity (Wildman–Crippen MR) is 125 cm³/mol. The van der Waals surface area contributed by atoms with Crippen molar-refractivity contribution in [1.29, 1.82) is 0 Å². The second-order valence-electron chi connectivity index (χ2n) is 8.94. The van der Waals surface area contributed by atoms with Crippen LogP contribution in [0.1, 0.15) is 30.5 Å². The van der Waals surface area contributed by atoms with E-state index in [-0.39, 0.29) is 11.3 Å². The standard InChI is InChI=1S/C26H22F2N4O2/c1-31-14-18-13-19(7-11-21(18)29-31)32-25(33)24(16-4-8-20(9-5-16)34-26(27)28)23-17(12-15-2-3-15)6-10-22(23)30-32/h4-9,11,13-15,26H,2-3,10,12H2,1H3. The lowest BCUT2D eigenvalue weighted by atomic mass is 9.94. The van der Waals surface area contributed by atoms with Crippen LogP contribution in [0.2, 0.25) is 0 Å². The minimum atomic E-state index is -2.90. The minimum absolute atomic E-state index is 0.0561. The van der Waals surface area contributed by atoms with Gasteiger partial charge in [-0.15, -0.1) is 0 Å². The third-order valence-corrected chi connectivity index (χ3v) is 6.45. The molecular weight excluding hydrogens is 438 g/mol. The normalized spacial score (nSPS) is 15.1. The molecule has 2 aromatic heterocycles. The molecule has 0 amide bonds. The van der Waals surface area contributed by atoms with Gasteiger partial charge in [0.25, 0.3) is 5.56 Å². The summed E-state index contributed by atoms with van der Waals surface area (Å²) in [7, 11) is 1.85. The number of nitrogens with zero attached hydrogens (tertiary/aromatic N) is 4. The fourth-order valence-corrected chi connectivity index (χ4v) is 4.72. The second-order valence-corrected chi connectivity index (χ2v) is 8.94. The van der Waals surface area contributed by atoms with Gasteiger partial charge in [-0.1, -0.05) is 18.2 Å². The van der Waals surface area contributed by atoms with Gasteiger partial charge in [-0.05, 0) is 66.6 Å². The number of ether oxygens (including phenoxy) is 1. The van der Waals surface area contributed by atoms with Crippen LogP contribution in [0.15, 0.2) is 59.5 Å². The SMILES string of the molecule is Cn1cc2cc(-n3nc4c(c(-c5ccc(OC(F)F)cc5)c3=O)C(CC3CC3)=CC4)ccc2n1. The molecule has 0 saturated heterocycles. The topological polar surface area (TPSA) is 61.9 Å². The number of benzene rings is 2. The summed E-state index contributed by atoms with van der Waals surface area (Å²) in [5, 5.41) is 10.1. The number of allylic oxidation sites excluding steroid dienone is 2. The van der Waals surface area contributed by atoms with E-state index in [0.717, 1.165) is 34.2 Å². The number of aryl methyl sites for hydroxylation is 1. The maximum absolute atomic E-state index is 13.9. The zero-order valence-electron chi connectivity index (χ0n) is 18.5. The molecule has 6 nitrogen and oxygen atoms in total. The first-order valence-corrected chi connectivity index (χ1v) is 11.3. The van der Waals surface area contributed by atoms with E-state index >= 15 is 0 Å². The van der Waals surface area contributed by atoms with Crippen molar-refractivity contribution in [1.82, 2.24) is 19.6 Å². The van der Waals surface area contributed by atoms with Gasteiger partial charge in [0.15, 0.2) is 0 Å². The summed E-state index contributed by atoms with van der Waals surface area (Å²) in [4.78, 5) is 13.9. The number of hydrogen-bond donors (Lipinski definition) is 0. The summed E-state index contributed by atoms with van der Waals surface area (Å²) in [6, 6.07) is 11.9. The highest BCUT2D eigenvalue weighted by molar-refractivity contribution is 5.85. The summed E-state index contributed by atoms with van der Waals surface area (Å²) < 4.78 is 32.9. The molecule has 2 aromatic carbocycles. The van der Waals surface area contributed by atoms with Gasteiger partial charge in [0.1, 0.15) is 5.75 Å². The number of halogens is 2. The van der Waals surface area contributed by atoms with E-state index in [0.29, 0.717) is 29.2 Å². The van der Waals surface area contributed by atoms with Crippen LogP contribution < -0.4 is 10.3 Å². The monoisotopic (exact) mass is 460 g/mol. The molecule has 0 aliphatic heterocycles. The van der Waals surface area contributed by atoms with Crippen molar-refractivity contribution in [2.24, 2.45) is 13.0 Å². The maximum Gasteiger partial charge on any atom is 0.387 e. The average molecular weight is 460 g/mol. The van der Waals surface area contributed by atoms with E-state index < -0.39 is 6.61 Å². The van der Waals surface area contributed by atoms with Crippen LogP contribution in [0.25, 0.3) is 33.3 Å². The lowest BCUT2D eigenvalue weighted by Gasteiger charge is -2.15. The van der Waals surface area contributed by atoms with E-state index in [2.05, 4.69) is 15.9 Å². The highest BCUT2D eigenvalue weighted by Crippen LogP contribution is 2.43. The molecule has 2 aliphatic rings. The third kappa shape index (κ3) is 3.69. The lowest BCUT2D eigenvalue weighted by Crippen LogP contribution is -2.25. The minimum Gasteiger partial charge on any atom is -0.435 e. The van der Waals surface area contributed by atoms with Crippen LogP contribution in [0, 0.1) is 5.92 Å². The van der Waals surface area contributed by atoms with Gasteiger partial charge in [-0.25, -0.2) is 0 Å². The average Bonchev–Trinajstić information content (AvgIpc) is 3.42. The molecule has 6 rings (SSSR count). The van der Waals surface area contributed by atoms with Gasteiger partial charge in [-0.2, -0.15) is 23.7 Å². The quantitative estimate of drug-likeness (QED) is 0.400. The molecule has 0 spiro atoms. The lowest BCUT2D eigenvalue weighted by molar-refractivity contribution is -0.0498. The van der Waals surface area contributed by atoms with Crippen molar-refractivity contribution in [2.45, 2.75) is 32.3 Å². The highest BCUT2D eigenvalue weighted by atomic mass is 19.3. The van der Waals surface area contributed by atoms with Crippen LogP contribution in [0.5, 0.6) is 5.75 Å². The van der Waals surface area contributed by atoms with Crippen LogP contribution in [0.3, 0.4) is 0 Å². The Hall–Kier alpha value is -3.81. The molecule has 2 heterocycles. The summed E-state index contributed by atoms with van der Waals surface area (Å²) in [5.74, 6) is 0.711. The Morgan fingerprint density at radius 1 is 1.09 bits per heavy atom. The smallest absolute Gasteiger partial charge is 0.387 e. The number of hydrogen-bond acceptors (Lipinski definition) is 4. The molecule has 0 radical (unpaired) electrons. The van der Waals surface area contributed by atoms with Gasteiger partial charge < -0.3 is 4.74 Å². The van der Waals surface area contributed by atoms with Gasteiger partial charge in [0.2, 0.25) is 0 Å². The zero-order chi connectivity index (χ0) is 23.4. The van der Waals surface area contributed by atoms with Gasteiger partial charge >= 0.3 is 6.61 Å². The molecule has 1 saturated carbocycles. The van der Waals surface area contributed by atoms with Crippen molar-refractivity contribution < 1.29 is 13.5 Å². The Bertz CT molecular complexity index is 1500. The van der Waals surface area contributed by atoms with Crippen molar-refractivity contribution >= 4 is 16.5 Å². The van der Waals surface area contributed by atoms with E-state index in [1.165, 1.54) is 29.7 Å². The summed E-state index contributed by atoms with van der Waals surface area (Å²) >= 11 is 0. The molecule has 1 fully saturated rings. The van der Waals surface area contributed by atoms with E-state index in [9.17, 15) is 13.6 Å². The van der Waals surface area contributed by atoms with Gasteiger partial charge in [-0.3, -0.25) is 9.48 Å². The summed E-state index contributed by atoms with van der Waals surface area (Å²) in [5.41, 5.74) is 5.34. The van der Waals surface area contributed by atoms with E-state index in [1.807, 2.05) is 31.4 Å². The maximum atomic E-state index is 13.9. The van der Waals surface area contributed by atoms with Crippen LogP contribution in [0.4, 0.5) is 8.78 Å². The number of rotatable bonds is 6. The second kappa shape index (κ2) is 7.90. The molecule has 0 N–H and O–H groups in total. The van der Waals surface area contributed by atoms with E-state index in [1.54, 1.807) is 16.8 Å². The first-order chi connectivity index (χ1) is 16.5. The largest absolute Gasteiger partial charge is 0.435 e. The van der Waals surface area contributed by atoms with Crippen LogP contribution in [-0.2, 0) is 13.5 Å². The van der Waals surface area contributed by atoms with Crippen molar-refractivity contribution in [3.63, 3.8) is 0 Å². The molecule has 4 aromatic rings. The first kappa shape index (κ1) is 20.8. The van der Waals surface area contributed by atoms with Crippen LogP contribution >= 0.6 is 0 Å². The fourth-order valence-electron chi connectivity index (χ4n) is 4.72. The molecule has 172 valence electrons. The molecule has 8 heteroatoms. The summed E-state index contributed by atoms with van der Waals surface area (Å²) in [6.07, 6.45) is 8.07. The van der Waals surface area contributed by atoms with Crippen molar-refractivity contribution in [3.8, 4) is 22.6 Å². The Balaban J connectivity index is 1.52. The third-order valence-electron chi connectivity index (χ3n) is 6.45. The van der Waals surface area contributed by atoms with Crippen LogP contribution in [-0.4, -0.2) is 26.2 Å². The number of alkyl halides is 2. The van der Waals surface area contributed by atoms with Crippen molar-refractivity contribution in [2.75, 3.05) is 0 Å².